The van der Waals surface area contributed by atoms with Gasteiger partial charge < -0.3 is 6.53 Å². The second kappa shape index (κ2) is 6.39. The van der Waals surface area contributed by atoms with Gasteiger partial charge in [-0.25, -0.2) is 8.42 Å². The number of rotatable bonds is 4. The van der Waals surface area contributed by atoms with Crippen LogP contribution in [-0.4, -0.2) is 25.2 Å². The molecule has 0 radical (unpaired) electrons. The normalized spacial score (nSPS) is 10.6. The van der Waals surface area contributed by atoms with Crippen LogP contribution in [0.3, 0.4) is 0 Å². The van der Waals surface area contributed by atoms with Gasteiger partial charge in [-0.05, 0) is 19.1 Å². The van der Waals surface area contributed by atoms with Crippen molar-refractivity contribution in [1.82, 2.24) is 0 Å². The molecule has 1 N–H and O–H groups in total. The number of carboxylic acid groups (broad SMARTS) is 1. The molecule has 0 heterocycles. The summed E-state index contributed by atoms with van der Waals surface area (Å²) in [6.07, 6.45) is -0.365. The Morgan fingerprint density at radius 2 is 1.81 bits per heavy atom. The van der Waals surface area contributed by atoms with Gasteiger partial charge in [-0.2, -0.15) is 0 Å². The van der Waals surface area contributed by atoms with E-state index >= 15 is 0 Å². The first-order chi connectivity index (χ1) is 6.92. The van der Waals surface area contributed by atoms with Crippen LogP contribution in [0.2, 0.25) is 0 Å². The predicted molar refractivity (Wildman–Crippen MR) is 56.6 cm³/mol. The van der Waals surface area contributed by atoms with Gasteiger partial charge in [-0.3, -0.25) is 4.79 Å². The number of sulfone groups is 1. The number of hydrogen-bond acceptors (Lipinski definition) is 3. The molecule has 0 aliphatic carbocycles. The van der Waals surface area contributed by atoms with Crippen molar-refractivity contribution >= 4 is 15.8 Å². The van der Waals surface area contributed by atoms with Crippen LogP contribution in [0.5, 0.6) is 0 Å². The molecule has 84 valence electrons. The Bertz CT molecular complexity index is 456. The van der Waals surface area contributed by atoms with Gasteiger partial charge in [0, 0.05) is 0 Å². The summed E-state index contributed by atoms with van der Waals surface area (Å²) in [5.74, 6) is -1.46. The Kier molecular flexibility index (Phi) is 6.25. The van der Waals surface area contributed by atoms with Crippen LogP contribution in [0.1, 0.15) is 13.4 Å². The van der Waals surface area contributed by atoms with Gasteiger partial charge in [-0.1, -0.05) is 17.7 Å². The maximum absolute atomic E-state index is 11.6. The van der Waals surface area contributed by atoms with Gasteiger partial charge in [0.05, 0.1) is 17.1 Å². The zero-order valence-corrected chi connectivity index (χ0v) is 12.1. The first-order valence-electron chi connectivity index (χ1n) is 4.43. The molecule has 0 aliphatic rings. The summed E-state index contributed by atoms with van der Waals surface area (Å²) in [5.41, 5.74) is 0.965. The van der Waals surface area contributed by atoms with Gasteiger partial charge in [0.2, 0.25) is 0 Å². The SMILES string of the molecule is Cc1ccc(S(=O)(=O)CCC(=O)O)cc1.[H-].[Na+]. The monoisotopic (exact) mass is 252 g/mol. The van der Waals surface area contributed by atoms with Crippen LogP contribution >= 0.6 is 0 Å². The Balaban J connectivity index is 0. The molecule has 0 unspecified atom stereocenters. The molecule has 0 saturated carbocycles. The zero-order chi connectivity index (χ0) is 11.5. The fourth-order valence-corrected chi connectivity index (χ4v) is 2.31. The maximum atomic E-state index is 11.6. The molecule has 0 bridgehead atoms. The number of aryl methyl sites for hydroxylation is 1. The fourth-order valence-electron chi connectivity index (χ4n) is 1.09. The van der Waals surface area contributed by atoms with E-state index in [4.69, 9.17) is 5.11 Å². The van der Waals surface area contributed by atoms with Crippen LogP contribution in [0.25, 0.3) is 0 Å². The molecule has 0 fully saturated rings. The van der Waals surface area contributed by atoms with Crippen molar-refractivity contribution < 1.29 is 49.3 Å². The molecule has 16 heavy (non-hydrogen) atoms. The topological polar surface area (TPSA) is 71.4 Å². The second-order valence-corrected chi connectivity index (χ2v) is 5.38. The smallest absolute Gasteiger partial charge is 1.00 e. The average molecular weight is 252 g/mol. The van der Waals surface area contributed by atoms with Crippen molar-refractivity contribution in [3.63, 3.8) is 0 Å². The maximum Gasteiger partial charge on any atom is 1.00 e. The third kappa shape index (κ3) is 4.65. The van der Waals surface area contributed by atoms with Crippen LogP contribution in [0.4, 0.5) is 0 Å². The molecule has 0 aliphatic heterocycles. The summed E-state index contributed by atoms with van der Waals surface area (Å²) in [5, 5.41) is 8.40. The van der Waals surface area contributed by atoms with Gasteiger partial charge in [0.1, 0.15) is 0 Å². The minimum absolute atomic E-state index is 0. The first-order valence-corrected chi connectivity index (χ1v) is 6.08. The van der Waals surface area contributed by atoms with E-state index < -0.39 is 15.8 Å². The van der Waals surface area contributed by atoms with Gasteiger partial charge in [0.15, 0.2) is 9.84 Å². The number of hydrogen-bond donors (Lipinski definition) is 1. The van der Waals surface area contributed by atoms with Crippen LogP contribution in [0, 0.1) is 6.92 Å². The zero-order valence-electron chi connectivity index (χ0n) is 10.3. The molecule has 0 aromatic heterocycles. The van der Waals surface area contributed by atoms with E-state index in [-0.39, 0.29) is 48.1 Å². The standard InChI is InChI=1S/C10H12O4S.Na.H/c1-8-2-4-9(5-3-8)15(13,14)7-6-10(11)12;;/h2-5H,6-7H2,1H3,(H,11,12);;/q;+1;-1. The molecule has 0 saturated heterocycles. The average Bonchev–Trinajstić information content (AvgIpc) is 2.16. The number of carbonyl (C=O) groups is 1. The third-order valence-electron chi connectivity index (χ3n) is 1.96. The van der Waals surface area contributed by atoms with Crippen molar-refractivity contribution in [2.45, 2.75) is 18.2 Å². The Labute approximate surface area is 118 Å². The van der Waals surface area contributed by atoms with E-state index in [1.807, 2.05) is 6.92 Å². The van der Waals surface area contributed by atoms with E-state index in [0.29, 0.717) is 0 Å². The molecule has 0 atom stereocenters. The molecule has 0 amide bonds. The molecular formula is C10H13NaO4S. The minimum Gasteiger partial charge on any atom is -1.00 e. The summed E-state index contributed by atoms with van der Waals surface area (Å²) >= 11 is 0. The molecule has 0 spiro atoms. The van der Waals surface area contributed by atoms with Crippen LogP contribution < -0.4 is 29.6 Å². The fraction of sp³-hybridized carbons (Fsp3) is 0.300. The number of benzene rings is 1. The molecular weight excluding hydrogens is 239 g/mol. The van der Waals surface area contributed by atoms with E-state index in [2.05, 4.69) is 0 Å². The van der Waals surface area contributed by atoms with Gasteiger partial charge in [0.25, 0.3) is 0 Å². The van der Waals surface area contributed by atoms with Crippen LogP contribution in [-0.2, 0) is 14.6 Å². The van der Waals surface area contributed by atoms with E-state index in [1.54, 1.807) is 12.1 Å². The van der Waals surface area contributed by atoms with Gasteiger partial charge in [-0.15, -0.1) is 0 Å². The van der Waals surface area contributed by atoms with Crippen molar-refractivity contribution in [3.05, 3.63) is 29.8 Å². The Morgan fingerprint density at radius 3 is 2.25 bits per heavy atom. The molecule has 1 aromatic rings. The van der Waals surface area contributed by atoms with E-state index in [9.17, 15) is 13.2 Å². The molecule has 1 aromatic carbocycles. The second-order valence-electron chi connectivity index (χ2n) is 3.28. The largest absolute Gasteiger partial charge is 1.00 e. The summed E-state index contributed by atoms with van der Waals surface area (Å²) in [4.78, 5) is 10.4. The van der Waals surface area contributed by atoms with E-state index in [1.165, 1.54) is 12.1 Å². The van der Waals surface area contributed by atoms with Crippen molar-refractivity contribution in [2.24, 2.45) is 0 Å². The van der Waals surface area contributed by atoms with Crippen molar-refractivity contribution in [3.8, 4) is 0 Å². The summed E-state index contributed by atoms with van der Waals surface area (Å²) in [6.45, 7) is 1.85. The number of carboxylic acids is 1. The predicted octanol–water partition coefficient (Wildman–Crippen LogP) is -1.64. The first kappa shape index (κ1) is 15.6. The molecule has 1 rings (SSSR count). The van der Waals surface area contributed by atoms with Crippen molar-refractivity contribution in [1.29, 1.82) is 0 Å². The summed E-state index contributed by atoms with van der Waals surface area (Å²) in [7, 11) is -3.45. The quantitative estimate of drug-likeness (QED) is 0.652. The Morgan fingerprint density at radius 1 is 1.31 bits per heavy atom. The minimum atomic E-state index is -3.45. The third-order valence-corrected chi connectivity index (χ3v) is 3.70. The number of aliphatic carboxylic acids is 1. The Hall–Kier alpha value is -0.360. The molecule has 4 nitrogen and oxygen atoms in total. The van der Waals surface area contributed by atoms with Gasteiger partial charge >= 0.3 is 35.5 Å². The molecule has 6 heteroatoms. The van der Waals surface area contributed by atoms with E-state index in [0.717, 1.165) is 5.56 Å². The summed E-state index contributed by atoms with van der Waals surface area (Å²) in [6, 6.07) is 6.36. The van der Waals surface area contributed by atoms with Crippen LogP contribution in [0.15, 0.2) is 29.2 Å². The summed E-state index contributed by atoms with van der Waals surface area (Å²) < 4.78 is 23.2. The van der Waals surface area contributed by atoms with Crippen molar-refractivity contribution in [2.75, 3.05) is 5.75 Å².